The highest BCUT2D eigenvalue weighted by molar-refractivity contribution is 5.83. The molecule has 1 N–H and O–H groups in total. The lowest BCUT2D eigenvalue weighted by Gasteiger charge is -2.20. The van der Waals surface area contributed by atoms with E-state index >= 15 is 0 Å². The van der Waals surface area contributed by atoms with Gasteiger partial charge in [0.05, 0.1) is 11.0 Å². The number of aryl methyl sites for hydroxylation is 1. The van der Waals surface area contributed by atoms with Gasteiger partial charge in [0.15, 0.2) is 0 Å². The molecule has 0 radical (unpaired) electrons. The summed E-state index contributed by atoms with van der Waals surface area (Å²) in [4.78, 5) is 36.7. The summed E-state index contributed by atoms with van der Waals surface area (Å²) in [5.74, 6) is -1.44. The predicted molar refractivity (Wildman–Crippen MR) is 81.7 cm³/mol. The first-order valence-corrected chi connectivity index (χ1v) is 7.09. The van der Waals surface area contributed by atoms with Crippen LogP contribution in [-0.2, 0) is 23.2 Å². The van der Waals surface area contributed by atoms with E-state index in [-0.39, 0.29) is 24.7 Å². The molecule has 2 aromatic rings. The van der Waals surface area contributed by atoms with Gasteiger partial charge in [-0.25, -0.2) is 4.79 Å². The summed E-state index contributed by atoms with van der Waals surface area (Å²) < 4.78 is 2.85. The zero-order valence-corrected chi connectivity index (χ0v) is 12.7. The molecule has 0 bridgehead atoms. The Bertz CT molecular complexity index is 760. The average Bonchev–Trinajstić information content (AvgIpc) is 2.72. The van der Waals surface area contributed by atoms with Gasteiger partial charge in [0, 0.05) is 13.6 Å². The second-order valence-electron chi connectivity index (χ2n) is 5.13. The Morgan fingerprint density at radius 2 is 1.86 bits per heavy atom. The number of aromatic nitrogens is 2. The number of carboxylic acid groups (broad SMARTS) is 1. The van der Waals surface area contributed by atoms with Crippen LogP contribution in [0, 0.1) is 0 Å². The Balaban J connectivity index is 2.33. The van der Waals surface area contributed by atoms with Gasteiger partial charge in [-0.3, -0.25) is 18.7 Å². The maximum Gasteiger partial charge on any atom is 0.329 e. The number of carbonyl (C=O) groups is 2. The number of carboxylic acids is 1. The number of amides is 1. The lowest BCUT2D eigenvalue weighted by molar-refractivity contribution is -0.144. The molecule has 0 fully saturated rings. The van der Waals surface area contributed by atoms with Crippen molar-refractivity contribution in [1.29, 1.82) is 0 Å². The van der Waals surface area contributed by atoms with E-state index in [1.807, 2.05) is 13.0 Å². The van der Waals surface area contributed by atoms with E-state index in [4.69, 9.17) is 5.11 Å². The smallest absolute Gasteiger partial charge is 0.329 e. The van der Waals surface area contributed by atoms with Crippen molar-refractivity contribution in [3.63, 3.8) is 0 Å². The van der Waals surface area contributed by atoms with E-state index in [1.165, 1.54) is 14.0 Å². The third-order valence-electron chi connectivity index (χ3n) is 3.52. The highest BCUT2D eigenvalue weighted by Gasteiger charge is 2.19. The molecule has 22 heavy (non-hydrogen) atoms. The molecule has 0 saturated carbocycles. The predicted octanol–water partition coefficient (Wildman–Crippen LogP) is 0.663. The van der Waals surface area contributed by atoms with Crippen LogP contribution in [0.3, 0.4) is 0 Å². The molecule has 0 aliphatic carbocycles. The molecule has 1 amide bonds. The van der Waals surface area contributed by atoms with Gasteiger partial charge in [-0.1, -0.05) is 19.1 Å². The number of carbonyl (C=O) groups excluding carboxylic acids is 1. The number of para-hydroxylation sites is 2. The second-order valence-corrected chi connectivity index (χ2v) is 5.13. The molecule has 1 heterocycles. The standard InChI is InChI=1S/C15H19N3O4/c1-3-8-17(10-14(20)21)13(19)9-18-12-7-5-4-6-11(12)16(2)15(18)22/h4-7H,3,8-10H2,1-2H3,(H,20,21). The van der Waals surface area contributed by atoms with Crippen LogP contribution in [0.4, 0.5) is 0 Å². The Hall–Kier alpha value is -2.57. The molecule has 118 valence electrons. The minimum atomic E-state index is -1.06. The van der Waals surface area contributed by atoms with Crippen LogP contribution < -0.4 is 5.69 Å². The zero-order valence-electron chi connectivity index (χ0n) is 12.7. The first kappa shape index (κ1) is 15.8. The van der Waals surface area contributed by atoms with Crippen molar-refractivity contribution in [2.24, 2.45) is 7.05 Å². The monoisotopic (exact) mass is 305 g/mol. The summed E-state index contributed by atoms with van der Waals surface area (Å²) in [6.45, 7) is 1.70. The quantitative estimate of drug-likeness (QED) is 0.850. The molecule has 1 aromatic heterocycles. The molecule has 7 nitrogen and oxygen atoms in total. The first-order chi connectivity index (χ1) is 10.5. The van der Waals surface area contributed by atoms with Gasteiger partial charge in [0.1, 0.15) is 13.1 Å². The maximum absolute atomic E-state index is 12.3. The Labute approximate surface area is 127 Å². The number of aliphatic carboxylic acids is 1. The summed E-state index contributed by atoms with van der Waals surface area (Å²) in [5.41, 5.74) is 1.11. The summed E-state index contributed by atoms with van der Waals surface area (Å²) in [6.07, 6.45) is 0.656. The van der Waals surface area contributed by atoms with Crippen molar-refractivity contribution in [3.05, 3.63) is 34.7 Å². The van der Waals surface area contributed by atoms with E-state index < -0.39 is 5.97 Å². The summed E-state index contributed by atoms with van der Waals surface area (Å²) in [6, 6.07) is 7.19. The lowest BCUT2D eigenvalue weighted by Crippen LogP contribution is -2.40. The van der Waals surface area contributed by atoms with E-state index in [1.54, 1.807) is 25.2 Å². The molecule has 2 rings (SSSR count). The second kappa shape index (κ2) is 6.46. The largest absolute Gasteiger partial charge is 0.480 e. The molecular formula is C15H19N3O4. The van der Waals surface area contributed by atoms with E-state index in [2.05, 4.69) is 0 Å². The fraction of sp³-hybridized carbons (Fsp3) is 0.400. The Morgan fingerprint density at radius 1 is 1.23 bits per heavy atom. The van der Waals surface area contributed by atoms with Crippen LogP contribution in [0.2, 0.25) is 0 Å². The van der Waals surface area contributed by atoms with E-state index in [0.29, 0.717) is 18.5 Å². The molecule has 0 aliphatic rings. The van der Waals surface area contributed by atoms with Gasteiger partial charge >= 0.3 is 11.7 Å². The number of hydrogen-bond acceptors (Lipinski definition) is 3. The fourth-order valence-corrected chi connectivity index (χ4v) is 2.48. The number of rotatable bonds is 6. The maximum atomic E-state index is 12.3. The highest BCUT2D eigenvalue weighted by Crippen LogP contribution is 2.11. The SMILES string of the molecule is CCCN(CC(=O)O)C(=O)Cn1c(=O)n(C)c2ccccc21. The molecule has 1 aromatic carbocycles. The number of fused-ring (bicyclic) bond motifs is 1. The van der Waals surface area contributed by atoms with Crippen LogP contribution >= 0.6 is 0 Å². The third kappa shape index (κ3) is 3.03. The number of benzene rings is 1. The Morgan fingerprint density at radius 3 is 2.45 bits per heavy atom. The third-order valence-corrected chi connectivity index (χ3v) is 3.52. The Kier molecular flexibility index (Phi) is 4.65. The van der Waals surface area contributed by atoms with Crippen molar-refractivity contribution in [2.75, 3.05) is 13.1 Å². The minimum Gasteiger partial charge on any atom is -0.480 e. The van der Waals surface area contributed by atoms with Crippen molar-refractivity contribution < 1.29 is 14.7 Å². The number of imidazole rings is 1. The normalized spacial score (nSPS) is 10.8. The van der Waals surface area contributed by atoms with Crippen molar-refractivity contribution in [1.82, 2.24) is 14.0 Å². The lowest BCUT2D eigenvalue weighted by atomic mass is 10.3. The van der Waals surface area contributed by atoms with Gasteiger partial charge in [0.2, 0.25) is 5.91 Å². The van der Waals surface area contributed by atoms with Crippen LogP contribution in [0.1, 0.15) is 13.3 Å². The van der Waals surface area contributed by atoms with Crippen LogP contribution in [0.15, 0.2) is 29.1 Å². The molecule has 0 aliphatic heterocycles. The number of hydrogen-bond donors (Lipinski definition) is 1. The molecule has 7 heteroatoms. The van der Waals surface area contributed by atoms with Crippen molar-refractivity contribution in [2.45, 2.75) is 19.9 Å². The highest BCUT2D eigenvalue weighted by atomic mass is 16.4. The molecule has 0 atom stereocenters. The van der Waals surface area contributed by atoms with Crippen molar-refractivity contribution >= 4 is 22.9 Å². The van der Waals surface area contributed by atoms with Gasteiger partial charge in [-0.05, 0) is 18.6 Å². The topological polar surface area (TPSA) is 84.5 Å². The summed E-state index contributed by atoms with van der Waals surface area (Å²) >= 11 is 0. The van der Waals surface area contributed by atoms with Crippen LogP contribution in [-0.4, -0.2) is 44.1 Å². The van der Waals surface area contributed by atoms with Gasteiger partial charge in [-0.15, -0.1) is 0 Å². The van der Waals surface area contributed by atoms with Crippen molar-refractivity contribution in [3.8, 4) is 0 Å². The summed E-state index contributed by atoms with van der Waals surface area (Å²) in [5, 5.41) is 8.89. The molecule has 0 saturated heterocycles. The van der Waals surface area contributed by atoms with Gasteiger partial charge in [-0.2, -0.15) is 0 Å². The minimum absolute atomic E-state index is 0.159. The van der Waals surface area contributed by atoms with Crippen LogP contribution in [0.5, 0.6) is 0 Å². The number of nitrogens with zero attached hydrogens (tertiary/aromatic N) is 3. The van der Waals surface area contributed by atoms with Crippen LogP contribution in [0.25, 0.3) is 11.0 Å². The van der Waals surface area contributed by atoms with E-state index in [9.17, 15) is 14.4 Å². The fourth-order valence-electron chi connectivity index (χ4n) is 2.48. The molecule has 0 spiro atoms. The summed E-state index contributed by atoms with van der Waals surface area (Å²) in [7, 11) is 1.65. The average molecular weight is 305 g/mol. The molecular weight excluding hydrogens is 286 g/mol. The zero-order chi connectivity index (χ0) is 16.3. The molecule has 0 unspecified atom stereocenters. The van der Waals surface area contributed by atoms with E-state index in [0.717, 1.165) is 5.52 Å². The first-order valence-electron chi connectivity index (χ1n) is 7.09. The van der Waals surface area contributed by atoms with Gasteiger partial charge in [0.25, 0.3) is 0 Å². The van der Waals surface area contributed by atoms with Gasteiger partial charge < -0.3 is 10.0 Å².